The quantitative estimate of drug-likeness (QED) is 0.755. The summed E-state index contributed by atoms with van der Waals surface area (Å²) >= 11 is 0. The van der Waals surface area contributed by atoms with Gasteiger partial charge < -0.3 is 14.2 Å². The number of hydrogen-bond donors (Lipinski definition) is 0. The van der Waals surface area contributed by atoms with Crippen molar-refractivity contribution in [2.75, 3.05) is 26.2 Å². The normalized spacial score (nSPS) is 28.1. The summed E-state index contributed by atoms with van der Waals surface area (Å²) in [5.74, 6) is -0.00814. The number of carbonyl (C=O) groups excluding carboxylic acids is 2. The number of hydroxylamine groups is 2. The SMILES string of the molecule is Cn1c(C(=O)N2CC[C@H]3C[C@@H](C(=O)N4CCCCO4)O[C@@H]3C2)cccc1=O. The van der Waals surface area contributed by atoms with E-state index < -0.39 is 6.10 Å². The Morgan fingerprint density at radius 2 is 2.04 bits per heavy atom. The van der Waals surface area contributed by atoms with Gasteiger partial charge in [-0.25, -0.2) is 5.06 Å². The van der Waals surface area contributed by atoms with Crippen molar-refractivity contribution in [3.05, 3.63) is 34.2 Å². The lowest BCUT2D eigenvalue weighted by atomic mass is 9.91. The number of likely N-dealkylation sites (tertiary alicyclic amines) is 1. The summed E-state index contributed by atoms with van der Waals surface area (Å²) in [5, 5.41) is 1.44. The minimum atomic E-state index is -0.491. The molecule has 8 heteroatoms. The highest BCUT2D eigenvalue weighted by atomic mass is 16.7. The molecular formula is C19H25N3O5. The molecule has 146 valence electrons. The van der Waals surface area contributed by atoms with Crippen LogP contribution in [0.3, 0.4) is 0 Å². The smallest absolute Gasteiger partial charge is 0.275 e. The number of rotatable bonds is 2. The summed E-state index contributed by atoms with van der Waals surface area (Å²) in [4.78, 5) is 44.4. The third-order valence-electron chi connectivity index (χ3n) is 5.77. The monoisotopic (exact) mass is 375 g/mol. The Bertz CT molecular complexity index is 786. The van der Waals surface area contributed by atoms with Crippen LogP contribution in [0.2, 0.25) is 0 Å². The topological polar surface area (TPSA) is 81.1 Å². The zero-order chi connectivity index (χ0) is 19.0. The maximum atomic E-state index is 12.8. The van der Waals surface area contributed by atoms with Crippen LogP contribution in [-0.2, 0) is 21.4 Å². The molecule has 0 radical (unpaired) electrons. The number of carbonyl (C=O) groups is 2. The van der Waals surface area contributed by atoms with Crippen molar-refractivity contribution < 1.29 is 19.2 Å². The van der Waals surface area contributed by atoms with Gasteiger partial charge in [-0.2, -0.15) is 0 Å². The van der Waals surface area contributed by atoms with Crippen LogP contribution in [0.4, 0.5) is 0 Å². The molecule has 3 saturated heterocycles. The largest absolute Gasteiger partial charge is 0.363 e. The molecule has 0 aromatic carbocycles. The second-order valence-corrected chi connectivity index (χ2v) is 7.49. The van der Waals surface area contributed by atoms with Crippen LogP contribution >= 0.6 is 0 Å². The van der Waals surface area contributed by atoms with Gasteiger partial charge in [-0.1, -0.05) is 6.07 Å². The molecule has 8 nitrogen and oxygen atoms in total. The average Bonchev–Trinajstić information content (AvgIpc) is 3.13. The molecule has 1 aromatic rings. The molecule has 3 aliphatic rings. The third-order valence-corrected chi connectivity index (χ3v) is 5.77. The lowest BCUT2D eigenvalue weighted by Crippen LogP contribution is -2.46. The van der Waals surface area contributed by atoms with E-state index >= 15 is 0 Å². The van der Waals surface area contributed by atoms with Crippen LogP contribution in [0.25, 0.3) is 0 Å². The van der Waals surface area contributed by atoms with Crippen LogP contribution in [0, 0.1) is 5.92 Å². The Balaban J connectivity index is 1.41. The van der Waals surface area contributed by atoms with Crippen molar-refractivity contribution in [2.24, 2.45) is 13.0 Å². The Morgan fingerprint density at radius 3 is 2.81 bits per heavy atom. The number of fused-ring (bicyclic) bond motifs is 1. The first-order chi connectivity index (χ1) is 13.0. The number of ether oxygens (including phenoxy) is 1. The highest BCUT2D eigenvalue weighted by Crippen LogP contribution is 2.34. The second-order valence-electron chi connectivity index (χ2n) is 7.49. The molecule has 27 heavy (non-hydrogen) atoms. The van der Waals surface area contributed by atoms with Gasteiger partial charge in [0.05, 0.1) is 12.7 Å². The van der Waals surface area contributed by atoms with E-state index in [-0.39, 0.29) is 29.4 Å². The van der Waals surface area contributed by atoms with Crippen LogP contribution < -0.4 is 5.56 Å². The molecule has 3 aliphatic heterocycles. The van der Waals surface area contributed by atoms with Crippen molar-refractivity contribution in [1.29, 1.82) is 0 Å². The van der Waals surface area contributed by atoms with Crippen LogP contribution in [0.15, 0.2) is 23.0 Å². The number of nitrogens with zero attached hydrogens (tertiary/aromatic N) is 3. The predicted molar refractivity (Wildman–Crippen MR) is 95.9 cm³/mol. The third kappa shape index (κ3) is 3.51. The molecular weight excluding hydrogens is 350 g/mol. The van der Waals surface area contributed by atoms with Gasteiger partial charge >= 0.3 is 0 Å². The predicted octanol–water partition coefficient (Wildman–Crippen LogP) is 0.559. The van der Waals surface area contributed by atoms with E-state index in [4.69, 9.17) is 9.57 Å². The van der Waals surface area contributed by atoms with E-state index in [9.17, 15) is 14.4 Å². The first-order valence-corrected chi connectivity index (χ1v) is 9.59. The molecule has 1 aromatic heterocycles. The van der Waals surface area contributed by atoms with Crippen LogP contribution in [0.1, 0.15) is 36.2 Å². The zero-order valence-corrected chi connectivity index (χ0v) is 15.5. The van der Waals surface area contributed by atoms with Gasteiger partial charge in [-0.05, 0) is 37.7 Å². The summed E-state index contributed by atoms with van der Waals surface area (Å²) in [6.45, 7) is 2.23. The molecule has 3 atom stereocenters. The first-order valence-electron chi connectivity index (χ1n) is 9.59. The van der Waals surface area contributed by atoms with E-state index in [1.807, 2.05) is 0 Å². The molecule has 2 amide bonds. The van der Waals surface area contributed by atoms with Gasteiger partial charge in [0, 0.05) is 32.7 Å². The van der Waals surface area contributed by atoms with Gasteiger partial charge in [0.15, 0.2) is 0 Å². The summed E-state index contributed by atoms with van der Waals surface area (Å²) in [5.41, 5.74) is 0.160. The van der Waals surface area contributed by atoms with E-state index in [0.29, 0.717) is 38.4 Å². The van der Waals surface area contributed by atoms with Crippen molar-refractivity contribution in [1.82, 2.24) is 14.5 Å². The zero-order valence-electron chi connectivity index (χ0n) is 15.5. The molecule has 4 heterocycles. The van der Waals surface area contributed by atoms with Gasteiger partial charge in [0.1, 0.15) is 11.8 Å². The van der Waals surface area contributed by atoms with Gasteiger partial charge in [-0.15, -0.1) is 0 Å². The lowest BCUT2D eigenvalue weighted by molar-refractivity contribution is -0.206. The summed E-state index contributed by atoms with van der Waals surface area (Å²) in [7, 11) is 1.60. The Morgan fingerprint density at radius 1 is 1.19 bits per heavy atom. The first kappa shape index (κ1) is 18.2. The highest BCUT2D eigenvalue weighted by Gasteiger charge is 2.44. The minimum absolute atomic E-state index is 0.104. The van der Waals surface area contributed by atoms with Crippen molar-refractivity contribution in [2.45, 2.75) is 37.9 Å². The van der Waals surface area contributed by atoms with E-state index in [2.05, 4.69) is 0 Å². The van der Waals surface area contributed by atoms with Crippen molar-refractivity contribution in [3.63, 3.8) is 0 Å². The standard InChI is InChI=1S/C19H25N3O5/c1-20-14(5-4-6-17(20)23)18(24)21-9-7-13-11-15(27-16(13)12-21)19(25)22-8-2-3-10-26-22/h4-6,13,15-16H,2-3,7-12H2,1H3/t13-,15-,16+/m0/s1. The second kappa shape index (κ2) is 7.44. The average molecular weight is 375 g/mol. The molecule has 3 fully saturated rings. The Labute approximate surface area is 157 Å². The van der Waals surface area contributed by atoms with E-state index in [1.165, 1.54) is 15.7 Å². The number of aromatic nitrogens is 1. The fourth-order valence-electron chi connectivity index (χ4n) is 4.15. The van der Waals surface area contributed by atoms with Crippen molar-refractivity contribution >= 4 is 11.8 Å². The van der Waals surface area contributed by atoms with Crippen LogP contribution in [0.5, 0.6) is 0 Å². The number of piperidine rings is 1. The molecule has 0 unspecified atom stereocenters. The van der Waals surface area contributed by atoms with Crippen molar-refractivity contribution in [3.8, 4) is 0 Å². The maximum absolute atomic E-state index is 12.8. The van der Waals surface area contributed by atoms with Gasteiger partial charge in [-0.3, -0.25) is 19.2 Å². The molecule has 0 saturated carbocycles. The fraction of sp³-hybridized carbons (Fsp3) is 0.632. The summed E-state index contributed by atoms with van der Waals surface area (Å²) in [6, 6.07) is 4.69. The molecule has 0 bridgehead atoms. The van der Waals surface area contributed by atoms with Crippen LogP contribution in [-0.4, -0.2) is 64.8 Å². The highest BCUT2D eigenvalue weighted by molar-refractivity contribution is 5.92. The molecule has 4 rings (SSSR count). The number of pyridine rings is 1. The Kier molecular flexibility index (Phi) is 5.01. The fourth-order valence-corrected chi connectivity index (χ4v) is 4.15. The van der Waals surface area contributed by atoms with E-state index in [1.54, 1.807) is 24.1 Å². The van der Waals surface area contributed by atoms with Gasteiger partial charge in [0.2, 0.25) is 0 Å². The number of hydrogen-bond acceptors (Lipinski definition) is 5. The minimum Gasteiger partial charge on any atom is -0.363 e. The maximum Gasteiger partial charge on any atom is 0.275 e. The van der Waals surface area contributed by atoms with Gasteiger partial charge in [0.25, 0.3) is 17.4 Å². The Hall–Kier alpha value is -2.19. The summed E-state index contributed by atoms with van der Waals surface area (Å²) in [6.07, 6.45) is 2.75. The van der Waals surface area contributed by atoms with E-state index in [0.717, 1.165) is 19.3 Å². The summed E-state index contributed by atoms with van der Waals surface area (Å²) < 4.78 is 7.38. The molecule has 0 N–H and O–H groups in total. The molecule has 0 spiro atoms. The molecule has 0 aliphatic carbocycles. The number of amides is 2. The lowest BCUT2D eigenvalue weighted by Gasteiger charge is -2.34.